The van der Waals surface area contributed by atoms with E-state index in [1.807, 2.05) is 0 Å². The lowest BCUT2D eigenvalue weighted by molar-refractivity contribution is -0.144. The fourth-order valence-electron chi connectivity index (χ4n) is 3.08. The number of phenols is 1. The van der Waals surface area contributed by atoms with Crippen molar-refractivity contribution in [1.82, 2.24) is 15.5 Å². The Bertz CT molecular complexity index is 897. The van der Waals surface area contributed by atoms with Crippen LogP contribution in [-0.4, -0.2) is 76.9 Å². The normalized spacial score (nSPS) is 12.6. The van der Waals surface area contributed by atoms with Gasteiger partial charge < -0.3 is 35.2 Å². The average Bonchev–Trinajstić information content (AvgIpc) is 2.76. The highest BCUT2D eigenvalue weighted by Gasteiger charge is 2.36. The number of nitrogens with one attached hydrogen (secondary N) is 2. The summed E-state index contributed by atoms with van der Waals surface area (Å²) in [5.74, 6) is -2.26. The number of esters is 1. The van der Waals surface area contributed by atoms with Crippen LogP contribution in [0.1, 0.15) is 45.7 Å². The van der Waals surface area contributed by atoms with Crippen LogP contribution in [-0.2, 0) is 23.9 Å². The van der Waals surface area contributed by atoms with Crippen LogP contribution in [0.3, 0.4) is 0 Å². The molecule has 2 atom stereocenters. The molecule has 0 spiro atoms. The minimum atomic E-state index is -1.44. The second-order valence-electron chi connectivity index (χ2n) is 8.47. The van der Waals surface area contributed by atoms with Crippen molar-refractivity contribution < 1.29 is 38.9 Å². The van der Waals surface area contributed by atoms with E-state index in [2.05, 4.69) is 17.2 Å². The van der Waals surface area contributed by atoms with Crippen molar-refractivity contribution in [2.24, 2.45) is 0 Å². The lowest BCUT2D eigenvalue weighted by atomic mass is 10.0. The van der Waals surface area contributed by atoms with Gasteiger partial charge in [0.2, 0.25) is 11.8 Å². The van der Waals surface area contributed by atoms with E-state index >= 15 is 0 Å². The van der Waals surface area contributed by atoms with Gasteiger partial charge in [0.25, 0.3) is 0 Å². The predicted octanol–water partition coefficient (Wildman–Crippen LogP) is 1.40. The number of amides is 3. The summed E-state index contributed by atoms with van der Waals surface area (Å²) in [6.07, 6.45) is 0.335. The molecule has 2 unspecified atom stereocenters. The standard InChI is InChI=1S/C24H35N3O8/c1-6-14-27(22(32)17(15-28)26-23(33)35-24(3,4)5)20(16-10-8-9-11-18(16)29)21(31)25-13-12-19(30)34-7-2/h6,8-11,17,20,28-29H,1,7,12-15H2,2-5H3,(H,25,31)(H,26,33). The minimum absolute atomic E-state index is 0.0720. The molecule has 35 heavy (non-hydrogen) atoms. The van der Waals surface area contributed by atoms with Gasteiger partial charge in [-0.1, -0.05) is 24.3 Å². The zero-order valence-corrected chi connectivity index (χ0v) is 20.6. The van der Waals surface area contributed by atoms with E-state index in [1.54, 1.807) is 39.8 Å². The number of benzene rings is 1. The maximum absolute atomic E-state index is 13.4. The molecular weight excluding hydrogens is 458 g/mol. The zero-order chi connectivity index (χ0) is 26.6. The minimum Gasteiger partial charge on any atom is -0.508 e. The van der Waals surface area contributed by atoms with Gasteiger partial charge in [0, 0.05) is 18.7 Å². The molecule has 0 aromatic heterocycles. The Morgan fingerprint density at radius 3 is 2.40 bits per heavy atom. The van der Waals surface area contributed by atoms with Gasteiger partial charge in [0.15, 0.2) is 0 Å². The van der Waals surface area contributed by atoms with Crippen LogP contribution in [0.5, 0.6) is 5.75 Å². The van der Waals surface area contributed by atoms with E-state index < -0.39 is 48.2 Å². The van der Waals surface area contributed by atoms with Crippen LogP contribution in [0.25, 0.3) is 0 Å². The lowest BCUT2D eigenvalue weighted by Crippen LogP contribution is -2.54. The number of rotatable bonds is 12. The number of aromatic hydroxyl groups is 1. The van der Waals surface area contributed by atoms with Gasteiger partial charge in [-0.05, 0) is 33.8 Å². The molecule has 0 bridgehead atoms. The van der Waals surface area contributed by atoms with Crippen LogP contribution in [0.2, 0.25) is 0 Å². The topological polar surface area (TPSA) is 154 Å². The number of nitrogens with zero attached hydrogens (tertiary/aromatic N) is 1. The largest absolute Gasteiger partial charge is 0.508 e. The van der Waals surface area contributed by atoms with Gasteiger partial charge in [0.05, 0.1) is 19.6 Å². The first-order valence-corrected chi connectivity index (χ1v) is 11.2. The number of phenolic OH excluding ortho intramolecular Hbond substituents is 1. The molecule has 0 aliphatic heterocycles. The summed E-state index contributed by atoms with van der Waals surface area (Å²) in [5, 5.41) is 25.1. The third-order valence-corrected chi connectivity index (χ3v) is 4.51. The Labute approximate surface area is 205 Å². The number of aliphatic hydroxyl groups excluding tert-OH is 1. The van der Waals surface area contributed by atoms with Crippen LogP contribution in [0, 0.1) is 0 Å². The van der Waals surface area contributed by atoms with Gasteiger partial charge in [-0.3, -0.25) is 14.4 Å². The highest BCUT2D eigenvalue weighted by Crippen LogP contribution is 2.29. The third-order valence-electron chi connectivity index (χ3n) is 4.51. The van der Waals surface area contributed by atoms with Crippen molar-refractivity contribution in [3.8, 4) is 5.75 Å². The molecule has 0 radical (unpaired) electrons. The molecule has 0 heterocycles. The van der Waals surface area contributed by atoms with E-state index in [0.717, 1.165) is 4.90 Å². The molecule has 0 fully saturated rings. The number of carbonyl (C=O) groups is 4. The van der Waals surface area contributed by atoms with Crippen LogP contribution in [0.15, 0.2) is 36.9 Å². The van der Waals surface area contributed by atoms with Crippen molar-refractivity contribution in [3.05, 3.63) is 42.5 Å². The van der Waals surface area contributed by atoms with E-state index in [-0.39, 0.29) is 37.4 Å². The van der Waals surface area contributed by atoms with Crippen LogP contribution < -0.4 is 10.6 Å². The summed E-state index contributed by atoms with van der Waals surface area (Å²) in [7, 11) is 0. The van der Waals surface area contributed by atoms with Crippen molar-refractivity contribution in [2.75, 3.05) is 26.3 Å². The van der Waals surface area contributed by atoms with E-state index in [9.17, 15) is 29.4 Å². The number of alkyl carbamates (subject to hydrolysis) is 1. The van der Waals surface area contributed by atoms with Crippen molar-refractivity contribution in [1.29, 1.82) is 0 Å². The molecular formula is C24H35N3O8. The fourth-order valence-corrected chi connectivity index (χ4v) is 3.08. The Balaban J connectivity index is 3.26. The molecule has 1 rings (SSSR count). The Morgan fingerprint density at radius 2 is 1.86 bits per heavy atom. The smallest absolute Gasteiger partial charge is 0.408 e. The molecule has 0 aliphatic rings. The Kier molecular flexibility index (Phi) is 11.7. The fraction of sp³-hybridized carbons (Fsp3) is 0.500. The highest BCUT2D eigenvalue weighted by molar-refractivity contribution is 5.92. The van der Waals surface area contributed by atoms with Crippen molar-refractivity contribution in [2.45, 2.75) is 51.8 Å². The first-order chi connectivity index (χ1) is 16.4. The predicted molar refractivity (Wildman–Crippen MR) is 127 cm³/mol. The summed E-state index contributed by atoms with van der Waals surface area (Å²) >= 11 is 0. The van der Waals surface area contributed by atoms with E-state index in [0.29, 0.717) is 0 Å². The average molecular weight is 494 g/mol. The molecule has 0 saturated carbocycles. The molecule has 4 N–H and O–H groups in total. The quantitative estimate of drug-likeness (QED) is 0.252. The number of hydrogen-bond acceptors (Lipinski definition) is 8. The van der Waals surface area contributed by atoms with Gasteiger partial charge >= 0.3 is 12.1 Å². The van der Waals surface area contributed by atoms with Crippen LogP contribution in [0.4, 0.5) is 4.79 Å². The van der Waals surface area contributed by atoms with E-state index in [1.165, 1.54) is 18.2 Å². The van der Waals surface area contributed by atoms with Gasteiger partial charge in [-0.25, -0.2) is 4.79 Å². The van der Waals surface area contributed by atoms with Gasteiger partial charge in [-0.2, -0.15) is 0 Å². The summed E-state index contributed by atoms with van der Waals surface area (Å²) in [4.78, 5) is 51.5. The lowest BCUT2D eigenvalue weighted by Gasteiger charge is -2.33. The summed E-state index contributed by atoms with van der Waals surface area (Å²) in [6, 6.07) is 3.14. The SMILES string of the molecule is C=CCN(C(=O)C(CO)NC(=O)OC(C)(C)C)C(C(=O)NCCC(=O)OCC)c1ccccc1O. The monoisotopic (exact) mass is 493 g/mol. The summed E-state index contributed by atoms with van der Waals surface area (Å²) in [5.41, 5.74) is -0.740. The Hall–Kier alpha value is -3.60. The van der Waals surface area contributed by atoms with Crippen LogP contribution >= 0.6 is 0 Å². The van der Waals surface area contributed by atoms with Crippen molar-refractivity contribution >= 4 is 23.9 Å². The molecule has 11 heteroatoms. The second kappa shape index (κ2) is 14.0. The molecule has 0 aliphatic carbocycles. The van der Waals surface area contributed by atoms with Crippen molar-refractivity contribution in [3.63, 3.8) is 0 Å². The third kappa shape index (κ3) is 9.65. The Morgan fingerprint density at radius 1 is 1.20 bits per heavy atom. The number of carbonyl (C=O) groups excluding carboxylic acids is 4. The first kappa shape index (κ1) is 29.4. The second-order valence-corrected chi connectivity index (χ2v) is 8.47. The van der Waals surface area contributed by atoms with Gasteiger partial charge in [0.1, 0.15) is 23.4 Å². The summed E-state index contributed by atoms with van der Waals surface area (Å²) < 4.78 is 9.99. The maximum Gasteiger partial charge on any atom is 0.408 e. The number of ether oxygens (including phenoxy) is 2. The number of aliphatic hydroxyl groups is 1. The van der Waals surface area contributed by atoms with E-state index in [4.69, 9.17) is 9.47 Å². The summed E-state index contributed by atoms with van der Waals surface area (Å²) in [6.45, 7) is 9.39. The highest BCUT2D eigenvalue weighted by atomic mass is 16.6. The zero-order valence-electron chi connectivity index (χ0n) is 20.6. The first-order valence-electron chi connectivity index (χ1n) is 11.2. The molecule has 0 saturated heterocycles. The molecule has 1 aromatic carbocycles. The number of para-hydroxylation sites is 1. The maximum atomic E-state index is 13.4. The number of hydrogen-bond donors (Lipinski definition) is 4. The molecule has 3 amide bonds. The molecule has 1 aromatic rings. The molecule has 194 valence electrons. The van der Waals surface area contributed by atoms with Gasteiger partial charge in [-0.15, -0.1) is 6.58 Å². The molecule has 11 nitrogen and oxygen atoms in total.